The van der Waals surface area contributed by atoms with E-state index in [-0.39, 0.29) is 5.91 Å². The number of nitrogens with zero attached hydrogens (tertiary/aromatic N) is 3. The Kier molecular flexibility index (Phi) is 8.32. The van der Waals surface area contributed by atoms with Crippen molar-refractivity contribution >= 4 is 11.6 Å². The molecule has 2 aromatic carbocycles. The number of aromatic nitrogens is 2. The molecule has 1 N–H and O–H groups in total. The lowest BCUT2D eigenvalue weighted by Gasteiger charge is -2.19. The second-order valence-corrected chi connectivity index (χ2v) is 7.52. The van der Waals surface area contributed by atoms with Crippen LogP contribution < -0.4 is 19.5 Å². The van der Waals surface area contributed by atoms with Crippen LogP contribution in [0.3, 0.4) is 0 Å². The van der Waals surface area contributed by atoms with Crippen LogP contribution in [-0.4, -0.2) is 61.0 Å². The number of likely N-dealkylation sites (N-methyl/N-ethyl adjacent to an activating group) is 1. The summed E-state index contributed by atoms with van der Waals surface area (Å²) in [5, 5.41) is 7.32. The maximum Gasteiger partial charge on any atom is 0.276 e. The highest BCUT2D eigenvalue weighted by molar-refractivity contribution is 6.03. The van der Waals surface area contributed by atoms with Crippen LogP contribution in [-0.2, 0) is 0 Å². The third kappa shape index (κ3) is 6.04. The minimum atomic E-state index is -0.320. The maximum atomic E-state index is 12.8. The van der Waals surface area contributed by atoms with Crippen molar-refractivity contribution < 1.29 is 19.0 Å². The molecular weight excluding hydrogens is 420 g/mol. The van der Waals surface area contributed by atoms with Gasteiger partial charge in [0, 0.05) is 24.5 Å². The van der Waals surface area contributed by atoms with E-state index >= 15 is 0 Å². The van der Waals surface area contributed by atoms with Gasteiger partial charge in [-0.3, -0.25) is 4.79 Å². The minimum absolute atomic E-state index is 0.290. The number of ether oxygens (including phenoxy) is 3. The topological polar surface area (TPSA) is 77.9 Å². The molecule has 3 aromatic rings. The Balaban J connectivity index is 1.72. The van der Waals surface area contributed by atoms with Gasteiger partial charge in [-0.2, -0.15) is 5.10 Å². The Morgan fingerprint density at radius 3 is 2.42 bits per heavy atom. The fourth-order valence-electron chi connectivity index (χ4n) is 3.45. The molecule has 0 atom stereocenters. The highest BCUT2D eigenvalue weighted by atomic mass is 16.5. The molecule has 1 amide bonds. The molecule has 0 fully saturated rings. The number of carbonyl (C=O) groups is 1. The summed E-state index contributed by atoms with van der Waals surface area (Å²) in [4.78, 5) is 15.1. The third-order valence-corrected chi connectivity index (χ3v) is 5.38. The van der Waals surface area contributed by atoms with Crippen LogP contribution in [0, 0.1) is 6.92 Å². The Morgan fingerprint density at radius 1 is 1.00 bits per heavy atom. The normalized spacial score (nSPS) is 10.8. The predicted molar refractivity (Wildman–Crippen MR) is 129 cm³/mol. The molecule has 1 aromatic heterocycles. The smallest absolute Gasteiger partial charge is 0.276 e. The lowest BCUT2D eigenvalue weighted by Crippen LogP contribution is -2.28. The second-order valence-electron chi connectivity index (χ2n) is 7.52. The van der Waals surface area contributed by atoms with E-state index in [1.54, 1.807) is 49.4 Å². The molecule has 8 nitrogen and oxygen atoms in total. The number of rotatable bonds is 11. The van der Waals surface area contributed by atoms with Crippen molar-refractivity contribution in [3.63, 3.8) is 0 Å². The molecule has 0 unspecified atom stereocenters. The van der Waals surface area contributed by atoms with Crippen LogP contribution in [0.15, 0.2) is 48.7 Å². The monoisotopic (exact) mass is 452 g/mol. The summed E-state index contributed by atoms with van der Waals surface area (Å²) in [7, 11) is 3.20. The largest absolute Gasteiger partial charge is 0.494 e. The van der Waals surface area contributed by atoms with Gasteiger partial charge in [0.05, 0.1) is 14.2 Å². The average Bonchev–Trinajstić information content (AvgIpc) is 3.32. The first kappa shape index (κ1) is 24.1. The zero-order valence-corrected chi connectivity index (χ0v) is 19.9. The molecule has 0 radical (unpaired) electrons. The van der Waals surface area contributed by atoms with Gasteiger partial charge >= 0.3 is 0 Å². The first-order valence-electron chi connectivity index (χ1n) is 11.0. The van der Waals surface area contributed by atoms with Crippen molar-refractivity contribution in [2.45, 2.75) is 20.8 Å². The average molecular weight is 453 g/mol. The van der Waals surface area contributed by atoms with Gasteiger partial charge in [-0.05, 0) is 55.9 Å². The number of amides is 1. The van der Waals surface area contributed by atoms with Crippen molar-refractivity contribution in [1.82, 2.24) is 14.7 Å². The van der Waals surface area contributed by atoms with Gasteiger partial charge in [0.15, 0.2) is 17.2 Å². The van der Waals surface area contributed by atoms with E-state index in [1.807, 2.05) is 25.1 Å². The Morgan fingerprint density at radius 2 is 1.73 bits per heavy atom. The minimum Gasteiger partial charge on any atom is -0.494 e. The number of aryl methyl sites for hydroxylation is 1. The molecule has 33 heavy (non-hydrogen) atoms. The fraction of sp³-hybridized carbons (Fsp3) is 0.360. The lowest BCUT2D eigenvalue weighted by atomic mass is 10.2. The van der Waals surface area contributed by atoms with E-state index in [0.29, 0.717) is 35.2 Å². The number of benzene rings is 2. The predicted octanol–water partition coefficient (Wildman–Crippen LogP) is 4.17. The first-order chi connectivity index (χ1) is 16.0. The summed E-state index contributed by atoms with van der Waals surface area (Å²) in [6.45, 7) is 9.51. The second kappa shape index (κ2) is 11.4. The number of methoxy groups -OCH3 is 2. The molecular formula is C25H32N4O4. The molecule has 0 aliphatic rings. The van der Waals surface area contributed by atoms with Gasteiger partial charge in [0.2, 0.25) is 0 Å². The summed E-state index contributed by atoms with van der Waals surface area (Å²) >= 11 is 0. The molecule has 0 aliphatic heterocycles. The van der Waals surface area contributed by atoms with Gasteiger partial charge in [-0.1, -0.05) is 19.9 Å². The van der Waals surface area contributed by atoms with Gasteiger partial charge in [0.1, 0.15) is 18.0 Å². The van der Waals surface area contributed by atoms with Gasteiger partial charge < -0.3 is 24.4 Å². The molecule has 8 heteroatoms. The lowest BCUT2D eigenvalue weighted by molar-refractivity contribution is 0.102. The molecule has 3 rings (SSSR count). The molecule has 0 bridgehead atoms. The summed E-state index contributed by atoms with van der Waals surface area (Å²) in [6.07, 6.45) is 1.74. The fourth-order valence-corrected chi connectivity index (χ4v) is 3.45. The summed E-state index contributed by atoms with van der Waals surface area (Å²) in [6, 6.07) is 12.8. The van der Waals surface area contributed by atoms with Crippen molar-refractivity contribution in [2.75, 3.05) is 45.8 Å². The van der Waals surface area contributed by atoms with Crippen LogP contribution >= 0.6 is 0 Å². The van der Waals surface area contributed by atoms with E-state index in [4.69, 9.17) is 14.2 Å². The van der Waals surface area contributed by atoms with Crippen LogP contribution in [0.5, 0.6) is 17.2 Å². The summed E-state index contributed by atoms with van der Waals surface area (Å²) < 4.78 is 18.4. The van der Waals surface area contributed by atoms with Crippen LogP contribution in [0.25, 0.3) is 5.69 Å². The number of nitrogens with one attached hydrogen (secondary N) is 1. The zero-order chi connectivity index (χ0) is 23.8. The molecule has 0 saturated heterocycles. The van der Waals surface area contributed by atoms with Crippen LogP contribution in [0.4, 0.5) is 5.69 Å². The number of carbonyl (C=O) groups excluding carboxylic acids is 1. The van der Waals surface area contributed by atoms with Crippen LogP contribution in [0.1, 0.15) is 29.9 Å². The standard InChI is InChI=1S/C25H32N4O4/c1-6-28(7-2)14-15-33-24-17-19(9-11-23(24)32-5)26-25(30)20-12-13-29(27-20)21-16-18(3)8-10-22(21)31-4/h8-13,16-17H,6-7,14-15H2,1-5H3,(H,26,30). The maximum absolute atomic E-state index is 12.8. The van der Waals surface area contributed by atoms with Crippen LogP contribution in [0.2, 0.25) is 0 Å². The molecule has 0 saturated carbocycles. The van der Waals surface area contributed by atoms with Crippen molar-refractivity contribution in [2.24, 2.45) is 0 Å². The van der Waals surface area contributed by atoms with Crippen molar-refractivity contribution in [3.8, 4) is 22.9 Å². The quantitative estimate of drug-likeness (QED) is 0.471. The molecule has 0 aliphatic carbocycles. The SMILES string of the molecule is CCN(CC)CCOc1cc(NC(=O)c2ccn(-c3cc(C)ccc3OC)n2)ccc1OC. The van der Waals surface area contributed by atoms with E-state index in [1.165, 1.54) is 0 Å². The molecule has 0 spiro atoms. The van der Waals surface area contributed by atoms with E-state index in [9.17, 15) is 4.79 Å². The molecule has 1 heterocycles. The van der Waals surface area contributed by atoms with Gasteiger partial charge in [-0.15, -0.1) is 0 Å². The van der Waals surface area contributed by atoms with Gasteiger partial charge in [0.25, 0.3) is 5.91 Å². The van der Waals surface area contributed by atoms with E-state index in [0.717, 1.165) is 30.9 Å². The number of hydrogen-bond acceptors (Lipinski definition) is 6. The Bertz CT molecular complexity index is 1080. The Hall–Kier alpha value is -3.52. The number of anilines is 1. The summed E-state index contributed by atoms with van der Waals surface area (Å²) in [5.41, 5.74) is 2.73. The molecule has 176 valence electrons. The van der Waals surface area contributed by atoms with Gasteiger partial charge in [-0.25, -0.2) is 4.68 Å². The zero-order valence-electron chi connectivity index (χ0n) is 19.9. The highest BCUT2D eigenvalue weighted by Gasteiger charge is 2.15. The van der Waals surface area contributed by atoms with Crippen molar-refractivity contribution in [3.05, 3.63) is 59.9 Å². The first-order valence-corrected chi connectivity index (χ1v) is 11.0. The summed E-state index contributed by atoms with van der Waals surface area (Å²) in [5.74, 6) is 1.55. The van der Waals surface area contributed by atoms with E-state index < -0.39 is 0 Å². The highest BCUT2D eigenvalue weighted by Crippen LogP contribution is 2.30. The number of hydrogen-bond donors (Lipinski definition) is 1. The third-order valence-electron chi connectivity index (χ3n) is 5.38. The van der Waals surface area contributed by atoms with Crippen molar-refractivity contribution in [1.29, 1.82) is 0 Å². The Labute approximate surface area is 195 Å². The van der Waals surface area contributed by atoms with E-state index in [2.05, 4.69) is 29.2 Å².